The molecule has 1 aromatic carbocycles. The molecule has 0 fully saturated rings. The van der Waals surface area contributed by atoms with Crippen molar-refractivity contribution in [2.45, 2.75) is 13.3 Å². The molecule has 0 heterocycles. The van der Waals surface area contributed by atoms with E-state index in [0.717, 1.165) is 12.5 Å². The van der Waals surface area contributed by atoms with Crippen molar-refractivity contribution in [3.05, 3.63) is 23.8 Å². The highest BCUT2D eigenvalue weighted by Crippen LogP contribution is 2.24. The number of hydrogen-bond acceptors (Lipinski definition) is 4. The molecule has 8 heteroatoms. The molecule has 0 saturated carbocycles. The van der Waals surface area contributed by atoms with Gasteiger partial charge in [0.2, 0.25) is 5.91 Å². The molecule has 3 amide bonds. The topological polar surface area (TPSA) is 128 Å². The van der Waals surface area contributed by atoms with Crippen LogP contribution in [0, 0.1) is 0 Å². The van der Waals surface area contributed by atoms with E-state index in [1.165, 1.54) is 12.1 Å². The Labute approximate surface area is 121 Å². The van der Waals surface area contributed by atoms with Crippen molar-refractivity contribution >= 4 is 23.6 Å². The number of nitrogens with one attached hydrogen (secondary N) is 3. The van der Waals surface area contributed by atoms with Gasteiger partial charge in [-0.2, -0.15) is 0 Å². The number of aromatic carboxylic acids is 1. The first-order valence-electron chi connectivity index (χ1n) is 6.32. The van der Waals surface area contributed by atoms with Crippen molar-refractivity contribution in [1.29, 1.82) is 0 Å². The average molecular weight is 295 g/mol. The maximum absolute atomic E-state index is 11.5. The van der Waals surface area contributed by atoms with Gasteiger partial charge in [-0.3, -0.25) is 4.79 Å². The molecule has 5 N–H and O–H groups in total. The monoisotopic (exact) mass is 295 g/mol. The maximum atomic E-state index is 11.5. The zero-order valence-electron chi connectivity index (χ0n) is 11.5. The molecule has 0 unspecified atom stereocenters. The Morgan fingerprint density at radius 1 is 1.19 bits per heavy atom. The zero-order chi connectivity index (χ0) is 15.8. The maximum Gasteiger partial charge on any atom is 0.335 e. The molecule has 0 aliphatic heterocycles. The number of rotatable bonds is 6. The summed E-state index contributed by atoms with van der Waals surface area (Å²) in [6.45, 7) is 2.24. The van der Waals surface area contributed by atoms with Crippen LogP contribution in [0.15, 0.2) is 18.2 Å². The smallest absolute Gasteiger partial charge is 0.335 e. The number of hydrogen-bond donors (Lipinski definition) is 5. The van der Waals surface area contributed by atoms with E-state index in [-0.39, 0.29) is 29.5 Å². The molecule has 0 aromatic heterocycles. The number of carbonyl (C=O) groups is 3. The number of carboxylic acids is 1. The Hall–Kier alpha value is -2.77. The van der Waals surface area contributed by atoms with Crippen LogP contribution in [0.1, 0.15) is 23.7 Å². The SMILES string of the molecule is CCCNC(=O)CNC(=O)Nc1ccc(C(=O)O)cc1O. The molecule has 0 atom stereocenters. The minimum absolute atomic E-state index is 0.0477. The fourth-order valence-corrected chi connectivity index (χ4v) is 1.42. The summed E-state index contributed by atoms with van der Waals surface area (Å²) in [6, 6.07) is 2.84. The second-order valence-electron chi connectivity index (χ2n) is 4.19. The second kappa shape index (κ2) is 7.73. The van der Waals surface area contributed by atoms with Gasteiger partial charge in [0.05, 0.1) is 17.8 Å². The molecule has 0 aliphatic carbocycles. The van der Waals surface area contributed by atoms with Crippen LogP contribution in [-0.2, 0) is 4.79 Å². The van der Waals surface area contributed by atoms with Crippen LogP contribution in [0.25, 0.3) is 0 Å². The highest BCUT2D eigenvalue weighted by Gasteiger charge is 2.10. The number of phenols is 1. The van der Waals surface area contributed by atoms with Gasteiger partial charge in [0.25, 0.3) is 0 Å². The fourth-order valence-electron chi connectivity index (χ4n) is 1.42. The lowest BCUT2D eigenvalue weighted by atomic mass is 10.2. The largest absolute Gasteiger partial charge is 0.506 e. The molecular weight excluding hydrogens is 278 g/mol. The van der Waals surface area contributed by atoms with Gasteiger partial charge in [-0.05, 0) is 24.6 Å². The third kappa shape index (κ3) is 5.39. The lowest BCUT2D eigenvalue weighted by molar-refractivity contribution is -0.120. The van der Waals surface area contributed by atoms with E-state index in [1.807, 2.05) is 6.92 Å². The van der Waals surface area contributed by atoms with Gasteiger partial charge >= 0.3 is 12.0 Å². The number of anilines is 1. The summed E-state index contributed by atoms with van der Waals surface area (Å²) >= 11 is 0. The van der Waals surface area contributed by atoms with E-state index in [1.54, 1.807) is 0 Å². The summed E-state index contributed by atoms with van der Waals surface area (Å²) in [5, 5.41) is 25.6. The molecule has 0 aliphatic rings. The van der Waals surface area contributed by atoms with Crippen molar-refractivity contribution < 1.29 is 24.6 Å². The van der Waals surface area contributed by atoms with Crippen molar-refractivity contribution in [1.82, 2.24) is 10.6 Å². The molecule has 21 heavy (non-hydrogen) atoms. The van der Waals surface area contributed by atoms with Gasteiger partial charge in [-0.15, -0.1) is 0 Å². The van der Waals surface area contributed by atoms with Crippen LogP contribution in [0.5, 0.6) is 5.75 Å². The number of carbonyl (C=O) groups excluding carboxylic acids is 2. The zero-order valence-corrected chi connectivity index (χ0v) is 11.5. The molecule has 0 radical (unpaired) electrons. The standard InChI is InChI=1S/C13H17N3O5/c1-2-5-14-11(18)7-15-13(21)16-9-4-3-8(12(19)20)6-10(9)17/h3-4,6,17H,2,5,7H2,1H3,(H,14,18)(H,19,20)(H2,15,16,21). The summed E-state index contributed by atoms with van der Waals surface area (Å²) < 4.78 is 0. The molecule has 8 nitrogen and oxygen atoms in total. The molecule has 114 valence electrons. The van der Waals surface area contributed by atoms with Crippen LogP contribution in [0.4, 0.5) is 10.5 Å². The van der Waals surface area contributed by atoms with Crippen molar-refractivity contribution in [2.24, 2.45) is 0 Å². The Bertz CT molecular complexity index is 545. The van der Waals surface area contributed by atoms with Crippen LogP contribution in [0.2, 0.25) is 0 Å². The lowest BCUT2D eigenvalue weighted by Crippen LogP contribution is -2.39. The van der Waals surface area contributed by atoms with E-state index in [4.69, 9.17) is 5.11 Å². The summed E-state index contributed by atoms with van der Waals surface area (Å²) in [4.78, 5) is 33.5. The third-order valence-corrected chi connectivity index (χ3v) is 2.47. The van der Waals surface area contributed by atoms with E-state index in [0.29, 0.717) is 6.54 Å². The van der Waals surface area contributed by atoms with Crippen molar-refractivity contribution in [3.8, 4) is 5.75 Å². The summed E-state index contributed by atoms with van der Waals surface area (Å²) in [5.41, 5.74) is -0.0520. The van der Waals surface area contributed by atoms with Gasteiger partial charge < -0.3 is 26.2 Å². The average Bonchev–Trinajstić information content (AvgIpc) is 2.44. The Morgan fingerprint density at radius 3 is 2.48 bits per heavy atom. The molecular formula is C13H17N3O5. The second-order valence-corrected chi connectivity index (χ2v) is 4.19. The first-order chi connectivity index (χ1) is 9.93. The fraction of sp³-hybridized carbons (Fsp3) is 0.308. The minimum Gasteiger partial charge on any atom is -0.506 e. The molecule has 0 saturated heterocycles. The normalized spacial score (nSPS) is 9.76. The first-order valence-corrected chi connectivity index (χ1v) is 6.32. The summed E-state index contributed by atoms with van der Waals surface area (Å²) in [7, 11) is 0. The number of urea groups is 1. The Kier molecular flexibility index (Phi) is 5.99. The highest BCUT2D eigenvalue weighted by atomic mass is 16.4. The third-order valence-electron chi connectivity index (χ3n) is 2.47. The predicted octanol–water partition coefficient (Wildman–Crippen LogP) is 0.738. The summed E-state index contributed by atoms with van der Waals surface area (Å²) in [6.07, 6.45) is 0.793. The minimum atomic E-state index is -1.19. The van der Waals surface area contributed by atoms with Gasteiger partial charge in [-0.1, -0.05) is 6.92 Å². The van der Waals surface area contributed by atoms with E-state index in [9.17, 15) is 19.5 Å². The van der Waals surface area contributed by atoms with Gasteiger partial charge in [-0.25, -0.2) is 9.59 Å². The van der Waals surface area contributed by atoms with Gasteiger partial charge in [0.15, 0.2) is 0 Å². The van der Waals surface area contributed by atoms with Crippen LogP contribution in [-0.4, -0.2) is 41.2 Å². The van der Waals surface area contributed by atoms with E-state index >= 15 is 0 Å². The lowest BCUT2D eigenvalue weighted by Gasteiger charge is -2.09. The van der Waals surface area contributed by atoms with Gasteiger partial charge in [0, 0.05) is 6.54 Å². The number of carboxylic acid groups (broad SMARTS) is 1. The van der Waals surface area contributed by atoms with E-state index in [2.05, 4.69) is 16.0 Å². The Morgan fingerprint density at radius 2 is 1.90 bits per heavy atom. The molecule has 0 bridgehead atoms. The van der Waals surface area contributed by atoms with Crippen LogP contribution in [0.3, 0.4) is 0 Å². The number of aromatic hydroxyl groups is 1. The number of phenolic OH excluding ortho intramolecular Hbond substituents is 1. The van der Waals surface area contributed by atoms with Crippen LogP contribution >= 0.6 is 0 Å². The van der Waals surface area contributed by atoms with E-state index < -0.39 is 12.0 Å². The van der Waals surface area contributed by atoms with Crippen LogP contribution < -0.4 is 16.0 Å². The molecule has 0 spiro atoms. The number of amides is 3. The van der Waals surface area contributed by atoms with Gasteiger partial charge in [0.1, 0.15) is 5.75 Å². The first kappa shape index (κ1) is 16.3. The highest BCUT2D eigenvalue weighted by molar-refractivity contribution is 5.95. The Balaban J connectivity index is 2.51. The summed E-state index contributed by atoms with van der Waals surface area (Å²) in [5.74, 6) is -1.88. The molecule has 1 rings (SSSR count). The molecule has 1 aromatic rings. The number of benzene rings is 1. The van der Waals surface area contributed by atoms with Crippen molar-refractivity contribution in [3.63, 3.8) is 0 Å². The predicted molar refractivity (Wildman–Crippen MR) is 75.4 cm³/mol. The quantitative estimate of drug-likeness (QED) is 0.494. The van der Waals surface area contributed by atoms with Crippen molar-refractivity contribution in [2.75, 3.05) is 18.4 Å².